The summed E-state index contributed by atoms with van der Waals surface area (Å²) in [5.74, 6) is 1.84. The summed E-state index contributed by atoms with van der Waals surface area (Å²) in [4.78, 5) is 8.95. The van der Waals surface area contributed by atoms with Crippen molar-refractivity contribution in [3.63, 3.8) is 0 Å². The summed E-state index contributed by atoms with van der Waals surface area (Å²) < 4.78 is 6.33. The molecule has 1 aliphatic carbocycles. The van der Waals surface area contributed by atoms with Crippen LogP contribution in [0.15, 0.2) is 65.9 Å². The molecule has 0 spiro atoms. The summed E-state index contributed by atoms with van der Waals surface area (Å²) in [5.41, 5.74) is 5.91. The van der Waals surface area contributed by atoms with Gasteiger partial charge in [0, 0.05) is 38.1 Å². The Morgan fingerprint density at radius 2 is 1.72 bits per heavy atom. The Labute approximate surface area is 188 Å². The van der Waals surface area contributed by atoms with E-state index >= 15 is 0 Å². The number of hydrogen-bond donors (Lipinski definition) is 1. The Morgan fingerprint density at radius 1 is 0.938 bits per heavy atom. The molecule has 164 valence electrons. The second-order valence-electron chi connectivity index (χ2n) is 8.38. The first-order valence-corrected chi connectivity index (χ1v) is 11.3. The van der Waals surface area contributed by atoms with Gasteiger partial charge in [-0.25, -0.2) is 4.98 Å². The number of benzene rings is 2. The molecule has 5 rings (SSSR count). The molecule has 2 aromatic carbocycles. The lowest BCUT2D eigenvalue weighted by atomic mass is 10.0. The summed E-state index contributed by atoms with van der Waals surface area (Å²) in [5, 5.41) is 13.6. The van der Waals surface area contributed by atoms with E-state index in [0.29, 0.717) is 17.3 Å². The fraction of sp³-hybridized carbons (Fsp3) is 0.308. The van der Waals surface area contributed by atoms with Crippen molar-refractivity contribution < 1.29 is 9.94 Å². The number of para-hydroxylation sites is 1. The molecule has 0 radical (unpaired) electrons. The maximum Gasteiger partial charge on any atom is 0.230 e. The number of nitrogens with zero attached hydrogens (tertiary/aromatic N) is 4. The topological polar surface area (TPSA) is 61.2 Å². The minimum atomic E-state index is 0.476. The van der Waals surface area contributed by atoms with Crippen molar-refractivity contribution in [2.24, 2.45) is 5.16 Å². The standard InChI is InChI=1S/C26H28N4O2/c1-19-12-13-24(22-10-5-9-21(19)22)32-26-23(11-6-14-27-26)25(28-31)30-17-15-29(16-18-30)20-7-3-2-4-8-20/h2-4,6-8,11-14,31H,5,9-10,15-18H2,1H3/b28-25-. The third kappa shape index (κ3) is 3.88. The van der Waals surface area contributed by atoms with Gasteiger partial charge in [-0.1, -0.05) is 29.4 Å². The number of oxime groups is 1. The number of pyridine rings is 1. The van der Waals surface area contributed by atoms with E-state index in [2.05, 4.69) is 57.2 Å². The molecular formula is C26H28N4O2. The van der Waals surface area contributed by atoms with Crippen LogP contribution in [0.3, 0.4) is 0 Å². The normalized spacial score (nSPS) is 16.2. The summed E-state index contributed by atoms with van der Waals surface area (Å²) in [6.45, 7) is 5.37. The van der Waals surface area contributed by atoms with Crippen LogP contribution in [0.25, 0.3) is 0 Å². The van der Waals surface area contributed by atoms with Gasteiger partial charge in [-0.3, -0.25) is 0 Å². The minimum Gasteiger partial charge on any atom is -0.438 e. The molecule has 2 heterocycles. The third-order valence-electron chi connectivity index (χ3n) is 6.49. The van der Waals surface area contributed by atoms with E-state index in [0.717, 1.165) is 51.2 Å². The number of aromatic nitrogens is 1. The summed E-state index contributed by atoms with van der Waals surface area (Å²) in [6, 6.07) is 18.3. The van der Waals surface area contributed by atoms with Crippen molar-refractivity contribution in [2.45, 2.75) is 26.2 Å². The maximum absolute atomic E-state index is 9.95. The van der Waals surface area contributed by atoms with Gasteiger partial charge in [0.25, 0.3) is 0 Å². The second kappa shape index (κ2) is 8.91. The third-order valence-corrected chi connectivity index (χ3v) is 6.49. The van der Waals surface area contributed by atoms with Crippen molar-refractivity contribution in [1.29, 1.82) is 0 Å². The van der Waals surface area contributed by atoms with Gasteiger partial charge < -0.3 is 19.7 Å². The fourth-order valence-electron chi connectivity index (χ4n) is 4.80. The van der Waals surface area contributed by atoms with Gasteiger partial charge in [0.2, 0.25) is 5.88 Å². The fourth-order valence-corrected chi connectivity index (χ4v) is 4.80. The van der Waals surface area contributed by atoms with E-state index in [1.54, 1.807) is 6.20 Å². The number of aryl methyl sites for hydroxylation is 1. The molecule has 2 aliphatic rings. The Balaban J connectivity index is 1.37. The monoisotopic (exact) mass is 428 g/mol. The van der Waals surface area contributed by atoms with Crippen molar-refractivity contribution in [3.05, 3.63) is 83.0 Å². The van der Waals surface area contributed by atoms with Gasteiger partial charge in [-0.05, 0) is 73.2 Å². The van der Waals surface area contributed by atoms with E-state index in [1.807, 2.05) is 24.3 Å². The van der Waals surface area contributed by atoms with Gasteiger partial charge >= 0.3 is 0 Å². The lowest BCUT2D eigenvalue weighted by Gasteiger charge is -2.37. The number of fused-ring (bicyclic) bond motifs is 1. The highest BCUT2D eigenvalue weighted by molar-refractivity contribution is 6.00. The summed E-state index contributed by atoms with van der Waals surface area (Å²) >= 11 is 0. The highest BCUT2D eigenvalue weighted by atomic mass is 16.5. The van der Waals surface area contributed by atoms with Crippen LogP contribution in [0.5, 0.6) is 11.6 Å². The molecule has 6 heteroatoms. The highest BCUT2D eigenvalue weighted by Gasteiger charge is 2.25. The van der Waals surface area contributed by atoms with Crippen LogP contribution < -0.4 is 9.64 Å². The lowest BCUT2D eigenvalue weighted by Crippen LogP contribution is -2.49. The molecule has 1 N–H and O–H groups in total. The van der Waals surface area contributed by atoms with Crippen LogP contribution in [0, 0.1) is 6.92 Å². The highest BCUT2D eigenvalue weighted by Crippen LogP contribution is 2.36. The van der Waals surface area contributed by atoms with E-state index in [-0.39, 0.29) is 0 Å². The lowest BCUT2D eigenvalue weighted by molar-refractivity contribution is 0.295. The van der Waals surface area contributed by atoms with Crippen molar-refractivity contribution in [3.8, 4) is 11.6 Å². The number of anilines is 1. The molecule has 0 amide bonds. The number of rotatable bonds is 4. The van der Waals surface area contributed by atoms with Crippen LogP contribution in [0.2, 0.25) is 0 Å². The molecule has 0 saturated carbocycles. The van der Waals surface area contributed by atoms with Crippen molar-refractivity contribution in [1.82, 2.24) is 9.88 Å². The minimum absolute atomic E-state index is 0.476. The zero-order valence-electron chi connectivity index (χ0n) is 18.4. The molecule has 1 fully saturated rings. The maximum atomic E-state index is 9.95. The second-order valence-corrected chi connectivity index (χ2v) is 8.38. The Bertz CT molecular complexity index is 1120. The van der Waals surface area contributed by atoms with Crippen LogP contribution in [0.1, 0.15) is 28.7 Å². The van der Waals surface area contributed by atoms with Crippen molar-refractivity contribution in [2.75, 3.05) is 31.1 Å². The Kier molecular flexibility index (Phi) is 5.67. The Hall–Kier alpha value is -3.54. The first-order valence-electron chi connectivity index (χ1n) is 11.3. The van der Waals surface area contributed by atoms with Crippen LogP contribution in [0.4, 0.5) is 5.69 Å². The summed E-state index contributed by atoms with van der Waals surface area (Å²) in [7, 11) is 0. The van der Waals surface area contributed by atoms with Gasteiger partial charge in [0.1, 0.15) is 5.75 Å². The molecule has 1 aliphatic heterocycles. The van der Waals surface area contributed by atoms with Gasteiger partial charge in [0.05, 0.1) is 5.56 Å². The summed E-state index contributed by atoms with van der Waals surface area (Å²) in [6.07, 6.45) is 5.00. The van der Waals surface area contributed by atoms with E-state index in [4.69, 9.17) is 4.74 Å². The number of hydrogen-bond acceptors (Lipinski definition) is 5. The zero-order valence-corrected chi connectivity index (χ0v) is 18.4. The molecule has 6 nitrogen and oxygen atoms in total. The molecule has 1 saturated heterocycles. The van der Waals surface area contributed by atoms with Crippen LogP contribution in [-0.4, -0.2) is 47.1 Å². The molecule has 0 unspecified atom stereocenters. The smallest absolute Gasteiger partial charge is 0.230 e. The van der Waals surface area contributed by atoms with Crippen molar-refractivity contribution >= 4 is 11.5 Å². The van der Waals surface area contributed by atoms with Crippen LogP contribution >= 0.6 is 0 Å². The van der Waals surface area contributed by atoms with E-state index in [9.17, 15) is 5.21 Å². The van der Waals surface area contributed by atoms with Crippen LogP contribution in [-0.2, 0) is 12.8 Å². The van der Waals surface area contributed by atoms with Gasteiger partial charge in [-0.15, -0.1) is 0 Å². The number of ether oxygens (including phenoxy) is 1. The molecular weight excluding hydrogens is 400 g/mol. The molecule has 3 aromatic rings. The zero-order chi connectivity index (χ0) is 21.9. The van der Waals surface area contributed by atoms with E-state index in [1.165, 1.54) is 22.4 Å². The number of amidine groups is 1. The molecule has 1 aromatic heterocycles. The predicted molar refractivity (Wildman–Crippen MR) is 126 cm³/mol. The average molecular weight is 429 g/mol. The molecule has 32 heavy (non-hydrogen) atoms. The average Bonchev–Trinajstić information content (AvgIpc) is 3.35. The van der Waals surface area contributed by atoms with Gasteiger partial charge in [0.15, 0.2) is 5.84 Å². The first-order chi connectivity index (χ1) is 15.7. The molecule has 0 bridgehead atoms. The number of piperazine rings is 1. The SMILES string of the molecule is Cc1ccc(Oc2ncccc2/C(=N/O)N2CCN(c3ccccc3)CC2)c2c1CCC2. The Morgan fingerprint density at radius 3 is 2.50 bits per heavy atom. The van der Waals surface area contributed by atoms with Gasteiger partial charge in [-0.2, -0.15) is 0 Å². The quantitative estimate of drug-likeness (QED) is 0.284. The molecule has 0 atom stereocenters. The van der Waals surface area contributed by atoms with E-state index < -0.39 is 0 Å². The predicted octanol–water partition coefficient (Wildman–Crippen LogP) is 4.63. The first kappa shape index (κ1) is 20.4. The largest absolute Gasteiger partial charge is 0.438 e.